The third-order valence-corrected chi connectivity index (χ3v) is 4.29. The summed E-state index contributed by atoms with van der Waals surface area (Å²) >= 11 is 0. The van der Waals surface area contributed by atoms with Gasteiger partial charge in [0.2, 0.25) is 5.95 Å². The van der Waals surface area contributed by atoms with Crippen LogP contribution in [0, 0.1) is 0 Å². The summed E-state index contributed by atoms with van der Waals surface area (Å²) in [6.45, 7) is 5.59. The minimum Gasteiger partial charge on any atom is -0.341 e. The van der Waals surface area contributed by atoms with Crippen molar-refractivity contribution in [2.75, 3.05) is 24.5 Å². The van der Waals surface area contributed by atoms with E-state index >= 15 is 0 Å². The summed E-state index contributed by atoms with van der Waals surface area (Å²) in [4.78, 5) is 11.0. The molecule has 1 fully saturated rings. The van der Waals surface area contributed by atoms with Crippen LogP contribution in [0.25, 0.3) is 0 Å². The highest BCUT2D eigenvalue weighted by atomic mass is 15.3. The molecule has 0 saturated carbocycles. The van der Waals surface area contributed by atoms with Gasteiger partial charge in [-0.25, -0.2) is 9.97 Å². The maximum absolute atomic E-state index is 4.33. The van der Waals surface area contributed by atoms with Gasteiger partial charge in [-0.15, -0.1) is 0 Å². The van der Waals surface area contributed by atoms with E-state index in [4.69, 9.17) is 0 Å². The summed E-state index contributed by atoms with van der Waals surface area (Å²) < 4.78 is 0. The van der Waals surface area contributed by atoms with E-state index in [9.17, 15) is 0 Å². The molecule has 4 heteroatoms. The first-order chi connectivity index (χ1) is 10.4. The van der Waals surface area contributed by atoms with Gasteiger partial charge in [0, 0.05) is 31.5 Å². The van der Waals surface area contributed by atoms with Crippen LogP contribution < -0.4 is 10.2 Å². The molecule has 0 atom stereocenters. The fourth-order valence-corrected chi connectivity index (χ4v) is 2.95. The van der Waals surface area contributed by atoms with E-state index in [1.54, 1.807) is 0 Å². The molecule has 0 spiro atoms. The van der Waals surface area contributed by atoms with Crippen molar-refractivity contribution < 1.29 is 0 Å². The van der Waals surface area contributed by atoms with E-state index in [0.29, 0.717) is 6.04 Å². The zero-order valence-electron chi connectivity index (χ0n) is 13.4. The monoisotopic (exact) mass is 290 g/mol. The lowest BCUT2D eigenvalue weighted by atomic mass is 10.0. The SMILES string of the molecule is CCCCCCCCNC1CCN(c2ncccn2)CC1. The minimum absolute atomic E-state index is 0.681. The van der Waals surface area contributed by atoms with Crippen molar-refractivity contribution in [3.8, 4) is 0 Å². The molecule has 1 aromatic rings. The van der Waals surface area contributed by atoms with Gasteiger partial charge in [0.05, 0.1) is 0 Å². The van der Waals surface area contributed by atoms with Crippen molar-refractivity contribution in [2.45, 2.75) is 64.3 Å². The number of nitrogens with zero attached hydrogens (tertiary/aromatic N) is 3. The Morgan fingerprint density at radius 2 is 1.71 bits per heavy atom. The molecule has 0 aliphatic carbocycles. The van der Waals surface area contributed by atoms with Gasteiger partial charge in [0.15, 0.2) is 0 Å². The molecule has 4 nitrogen and oxygen atoms in total. The first-order valence-corrected chi connectivity index (χ1v) is 8.65. The highest BCUT2D eigenvalue weighted by molar-refractivity contribution is 5.29. The van der Waals surface area contributed by atoms with Crippen LogP contribution >= 0.6 is 0 Å². The second-order valence-electron chi connectivity index (χ2n) is 6.03. The Morgan fingerprint density at radius 3 is 2.43 bits per heavy atom. The van der Waals surface area contributed by atoms with Crippen molar-refractivity contribution in [2.24, 2.45) is 0 Å². The lowest BCUT2D eigenvalue weighted by molar-refractivity contribution is 0.406. The van der Waals surface area contributed by atoms with Crippen LogP contribution in [-0.2, 0) is 0 Å². The summed E-state index contributed by atoms with van der Waals surface area (Å²) in [5.41, 5.74) is 0. The van der Waals surface area contributed by atoms with Gasteiger partial charge in [-0.3, -0.25) is 0 Å². The average molecular weight is 290 g/mol. The van der Waals surface area contributed by atoms with Crippen LogP contribution in [0.3, 0.4) is 0 Å². The molecule has 1 saturated heterocycles. The standard InChI is InChI=1S/C17H30N4/c1-2-3-4-5-6-7-11-18-16-9-14-21(15-10-16)17-19-12-8-13-20-17/h8,12-13,16,18H,2-7,9-11,14-15H2,1H3. The Hall–Kier alpha value is -1.16. The molecular weight excluding hydrogens is 260 g/mol. The fraction of sp³-hybridized carbons (Fsp3) is 0.765. The lowest BCUT2D eigenvalue weighted by Crippen LogP contribution is -2.43. The maximum Gasteiger partial charge on any atom is 0.225 e. The summed E-state index contributed by atoms with van der Waals surface area (Å²) in [5.74, 6) is 0.881. The Kier molecular flexibility index (Phi) is 7.50. The summed E-state index contributed by atoms with van der Waals surface area (Å²) in [6.07, 6.45) is 14.3. The van der Waals surface area contributed by atoms with Crippen molar-refractivity contribution >= 4 is 5.95 Å². The molecule has 0 unspecified atom stereocenters. The molecule has 1 N–H and O–H groups in total. The first-order valence-electron chi connectivity index (χ1n) is 8.65. The van der Waals surface area contributed by atoms with Gasteiger partial charge >= 0.3 is 0 Å². The van der Waals surface area contributed by atoms with Gasteiger partial charge in [-0.05, 0) is 31.9 Å². The first kappa shape index (κ1) is 16.2. The number of aromatic nitrogens is 2. The Morgan fingerprint density at radius 1 is 1.05 bits per heavy atom. The largest absolute Gasteiger partial charge is 0.341 e. The molecule has 118 valence electrons. The second-order valence-corrected chi connectivity index (χ2v) is 6.03. The van der Waals surface area contributed by atoms with Crippen LogP contribution in [0.2, 0.25) is 0 Å². The van der Waals surface area contributed by atoms with Crippen LogP contribution in [-0.4, -0.2) is 35.6 Å². The highest BCUT2D eigenvalue weighted by Crippen LogP contribution is 2.15. The molecule has 2 rings (SSSR count). The smallest absolute Gasteiger partial charge is 0.225 e. The highest BCUT2D eigenvalue weighted by Gasteiger charge is 2.19. The molecular formula is C17H30N4. The number of anilines is 1. The molecule has 0 bridgehead atoms. The third-order valence-electron chi connectivity index (χ3n) is 4.29. The second kappa shape index (κ2) is 9.72. The molecule has 2 heterocycles. The van der Waals surface area contributed by atoms with Gasteiger partial charge in [-0.1, -0.05) is 39.0 Å². The quantitative estimate of drug-likeness (QED) is 0.708. The number of nitrogens with one attached hydrogen (secondary N) is 1. The lowest BCUT2D eigenvalue weighted by Gasteiger charge is -2.32. The van der Waals surface area contributed by atoms with Crippen molar-refractivity contribution in [1.82, 2.24) is 15.3 Å². The fourth-order valence-electron chi connectivity index (χ4n) is 2.95. The van der Waals surface area contributed by atoms with Crippen LogP contribution in [0.1, 0.15) is 58.3 Å². The number of piperidine rings is 1. The van der Waals surface area contributed by atoms with E-state index in [0.717, 1.165) is 19.0 Å². The summed E-state index contributed by atoms with van der Waals surface area (Å²) in [7, 11) is 0. The maximum atomic E-state index is 4.33. The Balaban J connectivity index is 1.53. The van der Waals surface area contributed by atoms with E-state index in [1.807, 2.05) is 18.5 Å². The normalized spacial score (nSPS) is 16.3. The van der Waals surface area contributed by atoms with E-state index < -0.39 is 0 Å². The predicted octanol–water partition coefficient (Wildman–Crippen LogP) is 3.40. The number of hydrogen-bond donors (Lipinski definition) is 1. The molecule has 0 radical (unpaired) electrons. The van der Waals surface area contributed by atoms with Gasteiger partial charge in [0.25, 0.3) is 0 Å². The van der Waals surface area contributed by atoms with Crippen LogP contribution in [0.15, 0.2) is 18.5 Å². The molecule has 1 aliphatic heterocycles. The Labute approximate surface area is 129 Å². The third kappa shape index (κ3) is 6.00. The zero-order chi connectivity index (χ0) is 14.8. The predicted molar refractivity (Wildman–Crippen MR) is 88.6 cm³/mol. The average Bonchev–Trinajstić information content (AvgIpc) is 2.55. The number of unbranched alkanes of at least 4 members (excludes halogenated alkanes) is 5. The number of hydrogen-bond acceptors (Lipinski definition) is 4. The summed E-state index contributed by atoms with van der Waals surface area (Å²) in [5, 5.41) is 3.72. The molecule has 1 aromatic heterocycles. The minimum atomic E-state index is 0.681. The Bertz CT molecular complexity index is 360. The van der Waals surface area contributed by atoms with E-state index in [1.165, 1.54) is 57.9 Å². The van der Waals surface area contributed by atoms with E-state index in [-0.39, 0.29) is 0 Å². The molecule has 21 heavy (non-hydrogen) atoms. The molecule has 0 aromatic carbocycles. The zero-order valence-corrected chi connectivity index (χ0v) is 13.4. The molecule has 0 amide bonds. The van der Waals surface area contributed by atoms with E-state index in [2.05, 4.69) is 27.1 Å². The molecule has 1 aliphatic rings. The van der Waals surface area contributed by atoms with Crippen LogP contribution in [0.4, 0.5) is 5.95 Å². The van der Waals surface area contributed by atoms with Gasteiger partial charge in [0.1, 0.15) is 0 Å². The van der Waals surface area contributed by atoms with Crippen molar-refractivity contribution in [3.05, 3.63) is 18.5 Å². The topological polar surface area (TPSA) is 41.0 Å². The number of rotatable bonds is 9. The van der Waals surface area contributed by atoms with Gasteiger partial charge < -0.3 is 10.2 Å². The van der Waals surface area contributed by atoms with Gasteiger partial charge in [-0.2, -0.15) is 0 Å². The summed E-state index contributed by atoms with van der Waals surface area (Å²) in [6, 6.07) is 2.55. The van der Waals surface area contributed by atoms with Crippen molar-refractivity contribution in [1.29, 1.82) is 0 Å². The van der Waals surface area contributed by atoms with Crippen molar-refractivity contribution in [3.63, 3.8) is 0 Å². The van der Waals surface area contributed by atoms with Crippen LogP contribution in [0.5, 0.6) is 0 Å².